The fraction of sp³-hybridized carbons (Fsp3) is 0.333. The Morgan fingerprint density at radius 1 is 0.579 bits per heavy atom. The van der Waals surface area contributed by atoms with E-state index in [-0.39, 0.29) is 21.7 Å². The number of rotatable bonds is 2. The summed E-state index contributed by atoms with van der Waals surface area (Å²) >= 11 is 0. The third kappa shape index (κ3) is 10.1. The molecule has 1 fully saturated rings. The van der Waals surface area contributed by atoms with E-state index >= 15 is 0 Å². The first kappa shape index (κ1) is 24.7. The molecule has 1 heteroatoms. The van der Waals surface area contributed by atoms with Crippen molar-refractivity contribution in [3.63, 3.8) is 0 Å². The van der Waals surface area contributed by atoms with Crippen LogP contribution >= 0.6 is 0 Å². The quantitative estimate of drug-likeness (QED) is 0.607. The molecule has 12 radical (unpaired) electrons. The maximum absolute atomic E-state index is 3.42. The minimum atomic E-state index is 0. The monoisotopic (exact) mass is 292 g/mol. The summed E-state index contributed by atoms with van der Waals surface area (Å²) in [6, 6.07) is 0. The molecule has 0 aromatic rings. The standard InChI is InChI=1S/C10H15.C4H7.C4H6.Ti/c1-6-7(2)9(4)10(5)8(6)3;2*1-3-4-2;/h1-5H3;3-4H,1H2,2H3;3-4H,1-2H2;. The molecular formula is C18H28Ti. The number of unbranched alkanes of at least 4 members (excludes halogenated alkanes) is 2. The van der Waals surface area contributed by atoms with Gasteiger partial charge in [-0.25, -0.2) is 0 Å². The second-order valence-electron chi connectivity index (χ2n) is 4.17. The normalized spacial score (nSPS) is 18.2. The van der Waals surface area contributed by atoms with Crippen molar-refractivity contribution in [2.24, 2.45) is 0 Å². The van der Waals surface area contributed by atoms with E-state index in [2.05, 4.69) is 55.4 Å². The maximum Gasteiger partial charge on any atom is 0 e. The summed E-state index contributed by atoms with van der Waals surface area (Å²) in [7, 11) is 0. The molecule has 0 saturated heterocycles. The molecule has 0 N–H and O–H groups in total. The van der Waals surface area contributed by atoms with Crippen molar-refractivity contribution in [2.45, 2.75) is 41.5 Å². The van der Waals surface area contributed by atoms with Crippen LogP contribution in [0.1, 0.15) is 41.5 Å². The van der Waals surface area contributed by atoms with Crippen LogP contribution in [0.4, 0.5) is 0 Å². The minimum Gasteiger partial charge on any atom is -0.0620 e. The SMILES string of the molecule is C[C]1[C](C)[C](C)[C](C)[C]1C.[CH2][CH][CH]C.[CH2][CH][CH][CH2].[Ti]. The average Bonchev–Trinajstić information content (AvgIpc) is 2.57. The summed E-state index contributed by atoms with van der Waals surface area (Å²) in [6.45, 7) is 23.1. The first-order chi connectivity index (χ1) is 8.38. The molecule has 19 heavy (non-hydrogen) atoms. The fourth-order valence-corrected chi connectivity index (χ4v) is 1.41. The molecule has 0 aliphatic heterocycles. The first-order valence-electron chi connectivity index (χ1n) is 6.22. The molecule has 0 spiro atoms. The molecule has 1 rings (SSSR count). The van der Waals surface area contributed by atoms with Gasteiger partial charge >= 0.3 is 0 Å². The topological polar surface area (TPSA) is 0 Å². The Hall–Kier alpha value is 0.714. The van der Waals surface area contributed by atoms with Crippen molar-refractivity contribution in [1.29, 1.82) is 0 Å². The van der Waals surface area contributed by atoms with Gasteiger partial charge in [0.15, 0.2) is 0 Å². The van der Waals surface area contributed by atoms with E-state index in [1.54, 1.807) is 19.3 Å². The zero-order valence-corrected chi connectivity index (χ0v) is 15.0. The van der Waals surface area contributed by atoms with Crippen LogP contribution < -0.4 is 0 Å². The smallest absolute Gasteiger partial charge is 0 e. The van der Waals surface area contributed by atoms with Crippen molar-refractivity contribution in [2.75, 3.05) is 0 Å². The Morgan fingerprint density at radius 2 is 0.737 bits per heavy atom. The minimum absolute atomic E-state index is 0. The second-order valence-corrected chi connectivity index (χ2v) is 4.17. The van der Waals surface area contributed by atoms with E-state index in [9.17, 15) is 0 Å². The maximum atomic E-state index is 3.42. The molecule has 1 saturated carbocycles. The third-order valence-electron chi connectivity index (χ3n) is 3.21. The summed E-state index contributed by atoms with van der Waals surface area (Å²) in [5.41, 5.74) is 0. The Labute approximate surface area is 139 Å². The van der Waals surface area contributed by atoms with Gasteiger partial charge in [0.25, 0.3) is 0 Å². The van der Waals surface area contributed by atoms with Gasteiger partial charge in [0.2, 0.25) is 0 Å². The summed E-state index contributed by atoms with van der Waals surface area (Å²) in [5, 5.41) is 0. The molecule has 0 amide bonds. The Bertz CT molecular complexity index is 114. The molecule has 0 atom stereocenters. The van der Waals surface area contributed by atoms with Crippen LogP contribution in [0.5, 0.6) is 0 Å². The van der Waals surface area contributed by atoms with Crippen molar-refractivity contribution in [3.8, 4) is 0 Å². The van der Waals surface area contributed by atoms with E-state index in [1.807, 2.05) is 13.3 Å². The van der Waals surface area contributed by atoms with Crippen LogP contribution in [-0.2, 0) is 21.7 Å². The summed E-state index contributed by atoms with van der Waals surface area (Å²) in [4.78, 5) is 0. The van der Waals surface area contributed by atoms with Crippen LogP contribution in [0, 0.1) is 76.0 Å². The fourth-order valence-electron chi connectivity index (χ4n) is 1.41. The van der Waals surface area contributed by atoms with Gasteiger partial charge < -0.3 is 0 Å². The molecule has 104 valence electrons. The van der Waals surface area contributed by atoms with Gasteiger partial charge in [-0.1, -0.05) is 41.5 Å². The summed E-state index contributed by atoms with van der Waals surface area (Å²) < 4.78 is 0. The summed E-state index contributed by atoms with van der Waals surface area (Å²) in [6.07, 6.45) is 6.92. The molecule has 0 heterocycles. The summed E-state index contributed by atoms with van der Waals surface area (Å²) in [5.74, 6) is 7.34. The molecule has 0 aromatic carbocycles. The van der Waals surface area contributed by atoms with E-state index < -0.39 is 0 Å². The third-order valence-corrected chi connectivity index (χ3v) is 3.21. The van der Waals surface area contributed by atoms with E-state index in [1.165, 1.54) is 29.6 Å². The average molecular weight is 292 g/mol. The van der Waals surface area contributed by atoms with Crippen LogP contribution in [0.15, 0.2) is 0 Å². The van der Waals surface area contributed by atoms with Crippen molar-refractivity contribution in [1.82, 2.24) is 0 Å². The zero-order valence-electron chi connectivity index (χ0n) is 13.4. The van der Waals surface area contributed by atoms with Crippen molar-refractivity contribution < 1.29 is 21.7 Å². The number of hydrogen-bond acceptors (Lipinski definition) is 0. The van der Waals surface area contributed by atoms with Gasteiger partial charge in [-0.2, -0.15) is 0 Å². The van der Waals surface area contributed by atoms with Crippen LogP contribution in [-0.4, -0.2) is 0 Å². The van der Waals surface area contributed by atoms with Gasteiger partial charge in [-0.15, -0.1) is 0 Å². The van der Waals surface area contributed by atoms with Crippen molar-refractivity contribution >= 4 is 0 Å². The Balaban J connectivity index is -0.000000242. The van der Waals surface area contributed by atoms with Crippen LogP contribution in [0.2, 0.25) is 0 Å². The largest absolute Gasteiger partial charge is 0.0620 e. The predicted octanol–water partition coefficient (Wildman–Crippen LogP) is 5.28. The van der Waals surface area contributed by atoms with Gasteiger partial charge in [0, 0.05) is 21.7 Å². The Morgan fingerprint density at radius 3 is 0.789 bits per heavy atom. The molecule has 1 aliphatic rings. The zero-order chi connectivity index (χ0) is 14.7. The van der Waals surface area contributed by atoms with Gasteiger partial charge in [-0.3, -0.25) is 0 Å². The second kappa shape index (κ2) is 15.1. The molecule has 0 nitrogen and oxygen atoms in total. The molecule has 0 bridgehead atoms. The van der Waals surface area contributed by atoms with E-state index in [0.717, 1.165) is 0 Å². The Kier molecular flexibility index (Phi) is 19.7. The van der Waals surface area contributed by atoms with Crippen LogP contribution in [0.25, 0.3) is 0 Å². The van der Waals surface area contributed by atoms with Crippen molar-refractivity contribution in [3.05, 3.63) is 76.0 Å². The molecule has 1 aliphatic carbocycles. The molecular weight excluding hydrogens is 264 g/mol. The van der Waals surface area contributed by atoms with Gasteiger partial charge in [0.1, 0.15) is 0 Å². The van der Waals surface area contributed by atoms with Crippen LogP contribution in [0.3, 0.4) is 0 Å². The van der Waals surface area contributed by atoms with Gasteiger partial charge in [-0.05, 0) is 76.0 Å². The van der Waals surface area contributed by atoms with E-state index in [4.69, 9.17) is 0 Å². The van der Waals surface area contributed by atoms with E-state index in [0.29, 0.717) is 0 Å². The number of hydrogen-bond donors (Lipinski definition) is 0. The predicted molar refractivity (Wildman–Crippen MR) is 83.5 cm³/mol. The molecule has 0 aromatic heterocycles. The molecule has 0 unspecified atom stereocenters. The van der Waals surface area contributed by atoms with Gasteiger partial charge in [0.05, 0.1) is 0 Å². The first-order valence-corrected chi connectivity index (χ1v) is 6.22.